The van der Waals surface area contributed by atoms with Gasteiger partial charge in [-0.25, -0.2) is 4.39 Å². The van der Waals surface area contributed by atoms with E-state index in [1.807, 2.05) is 0 Å². The predicted octanol–water partition coefficient (Wildman–Crippen LogP) is 2.62. The number of rotatable bonds is 0. The van der Waals surface area contributed by atoms with E-state index in [4.69, 9.17) is 5.11 Å². The van der Waals surface area contributed by atoms with E-state index in [0.29, 0.717) is 5.52 Å². The van der Waals surface area contributed by atoms with E-state index in [1.54, 1.807) is 12.3 Å². The second-order valence-electron chi connectivity index (χ2n) is 2.46. The van der Waals surface area contributed by atoms with Crippen LogP contribution in [0.4, 0.5) is 4.39 Å². The van der Waals surface area contributed by atoms with Crippen molar-refractivity contribution in [1.82, 2.24) is 4.98 Å². The van der Waals surface area contributed by atoms with E-state index < -0.39 is 5.82 Å². The Morgan fingerprint density at radius 1 is 1.42 bits per heavy atom. The van der Waals surface area contributed by atoms with E-state index in [1.165, 1.54) is 6.07 Å². The molecule has 0 unspecified atom stereocenters. The number of phenols is 1. The van der Waals surface area contributed by atoms with E-state index in [9.17, 15) is 4.39 Å². The molecule has 0 spiro atoms. The van der Waals surface area contributed by atoms with Crippen LogP contribution < -0.4 is 0 Å². The molecule has 0 saturated carbocycles. The summed E-state index contributed by atoms with van der Waals surface area (Å²) in [6, 6.07) is 3.04. The highest BCUT2D eigenvalue weighted by Crippen LogP contribution is 2.27. The average molecular weight is 277 g/mol. The number of nitrogens with one attached hydrogen (secondary N) is 1. The molecule has 0 bridgehead atoms. The van der Waals surface area contributed by atoms with Gasteiger partial charge in [0.2, 0.25) is 0 Å². The van der Waals surface area contributed by atoms with Gasteiger partial charge in [0.05, 0.1) is 5.52 Å². The van der Waals surface area contributed by atoms with Crippen molar-refractivity contribution in [3.8, 4) is 5.75 Å². The summed E-state index contributed by atoms with van der Waals surface area (Å²) in [6.45, 7) is 0. The lowest BCUT2D eigenvalue weighted by Gasteiger charge is -1.95. The molecule has 62 valence electrons. The molecule has 1 aromatic carbocycles. The predicted molar refractivity (Wildman–Crippen MR) is 52.6 cm³/mol. The fourth-order valence-electron chi connectivity index (χ4n) is 1.12. The number of aromatic nitrogens is 1. The molecule has 12 heavy (non-hydrogen) atoms. The molecule has 2 rings (SSSR count). The number of hydrogen-bond acceptors (Lipinski definition) is 1. The molecule has 1 aromatic heterocycles. The molecule has 2 nitrogen and oxygen atoms in total. The Kier molecular flexibility index (Phi) is 1.71. The molecule has 4 heteroatoms. The highest BCUT2D eigenvalue weighted by atomic mass is 127. The monoisotopic (exact) mass is 277 g/mol. The SMILES string of the molecule is Oc1ccc2c(I)c[nH]c2c1F. The minimum atomic E-state index is -0.588. The minimum absolute atomic E-state index is 0.319. The first-order valence-electron chi connectivity index (χ1n) is 3.34. The lowest BCUT2D eigenvalue weighted by atomic mass is 10.2. The Bertz CT molecular complexity index is 438. The molecule has 2 aromatic rings. The maximum Gasteiger partial charge on any atom is 0.188 e. The topological polar surface area (TPSA) is 36.0 Å². The zero-order valence-electron chi connectivity index (χ0n) is 5.94. The molecule has 0 aliphatic carbocycles. The molecular formula is C8H5FINO. The van der Waals surface area contributed by atoms with Gasteiger partial charge in [-0.2, -0.15) is 0 Å². The maximum atomic E-state index is 13.1. The summed E-state index contributed by atoms with van der Waals surface area (Å²) < 4.78 is 14.1. The van der Waals surface area contributed by atoms with E-state index in [-0.39, 0.29) is 5.75 Å². The van der Waals surface area contributed by atoms with Crippen LogP contribution in [0.3, 0.4) is 0 Å². The molecule has 0 aliphatic heterocycles. The Labute approximate surface area is 81.5 Å². The smallest absolute Gasteiger partial charge is 0.188 e. The van der Waals surface area contributed by atoms with Crippen molar-refractivity contribution in [3.05, 3.63) is 27.7 Å². The molecule has 0 saturated heterocycles. The van der Waals surface area contributed by atoms with Crippen LogP contribution in [0.15, 0.2) is 18.3 Å². The second kappa shape index (κ2) is 2.62. The van der Waals surface area contributed by atoms with E-state index in [0.717, 1.165) is 8.96 Å². The molecule has 0 fully saturated rings. The van der Waals surface area contributed by atoms with Gasteiger partial charge in [0, 0.05) is 15.2 Å². The summed E-state index contributed by atoms with van der Waals surface area (Å²) in [5, 5.41) is 9.83. The minimum Gasteiger partial charge on any atom is -0.505 e. The molecule has 0 amide bonds. The van der Waals surface area contributed by atoms with Crippen molar-refractivity contribution in [3.63, 3.8) is 0 Å². The van der Waals surface area contributed by atoms with Crippen LogP contribution in [0.2, 0.25) is 0 Å². The van der Waals surface area contributed by atoms with Crippen molar-refractivity contribution in [2.45, 2.75) is 0 Å². The third-order valence-electron chi connectivity index (χ3n) is 1.72. The maximum absolute atomic E-state index is 13.1. The Balaban J connectivity index is 2.93. The second-order valence-corrected chi connectivity index (χ2v) is 3.62. The van der Waals surface area contributed by atoms with Gasteiger partial charge in [0.1, 0.15) is 0 Å². The lowest BCUT2D eigenvalue weighted by Crippen LogP contribution is -1.78. The number of halogens is 2. The molecular weight excluding hydrogens is 272 g/mol. The summed E-state index contributed by atoms with van der Waals surface area (Å²) in [5.74, 6) is -0.906. The lowest BCUT2D eigenvalue weighted by molar-refractivity contribution is 0.435. The number of aromatic hydroxyl groups is 1. The highest BCUT2D eigenvalue weighted by Gasteiger charge is 2.08. The van der Waals surface area contributed by atoms with Gasteiger partial charge >= 0.3 is 0 Å². The normalized spacial score (nSPS) is 10.8. The van der Waals surface area contributed by atoms with Crippen molar-refractivity contribution >= 4 is 33.5 Å². The first kappa shape index (κ1) is 7.85. The average Bonchev–Trinajstić information content (AvgIpc) is 2.41. The first-order chi connectivity index (χ1) is 5.70. The Morgan fingerprint density at radius 3 is 2.92 bits per heavy atom. The summed E-state index contributed by atoms with van der Waals surface area (Å²) >= 11 is 2.10. The quantitative estimate of drug-likeness (QED) is 0.713. The van der Waals surface area contributed by atoms with Gasteiger partial charge < -0.3 is 10.1 Å². The number of H-pyrrole nitrogens is 1. The number of phenolic OH excluding ortho intramolecular Hbond substituents is 1. The van der Waals surface area contributed by atoms with Gasteiger partial charge in [-0.3, -0.25) is 0 Å². The summed E-state index contributed by atoms with van der Waals surface area (Å²) in [6.07, 6.45) is 1.70. The third kappa shape index (κ3) is 0.979. The van der Waals surface area contributed by atoms with Crippen LogP contribution in [0.25, 0.3) is 10.9 Å². The van der Waals surface area contributed by atoms with Crippen LogP contribution >= 0.6 is 22.6 Å². The number of fused-ring (bicyclic) bond motifs is 1. The standard InChI is InChI=1S/C8H5FINO/c9-7-6(12)2-1-4-5(10)3-11-8(4)7/h1-3,11-12H. The number of benzene rings is 1. The first-order valence-corrected chi connectivity index (χ1v) is 4.42. The van der Waals surface area contributed by atoms with Gasteiger partial charge in [0.15, 0.2) is 11.6 Å². The van der Waals surface area contributed by atoms with Crippen LogP contribution in [-0.4, -0.2) is 10.1 Å². The zero-order chi connectivity index (χ0) is 8.72. The van der Waals surface area contributed by atoms with Gasteiger partial charge in [-0.1, -0.05) is 0 Å². The van der Waals surface area contributed by atoms with E-state index in [2.05, 4.69) is 27.6 Å². The molecule has 0 atom stereocenters. The Morgan fingerprint density at radius 2 is 2.17 bits per heavy atom. The van der Waals surface area contributed by atoms with Crippen LogP contribution in [0.5, 0.6) is 5.75 Å². The van der Waals surface area contributed by atoms with Crippen molar-refractivity contribution in [2.24, 2.45) is 0 Å². The fraction of sp³-hybridized carbons (Fsp3) is 0. The zero-order valence-corrected chi connectivity index (χ0v) is 8.09. The number of aromatic amines is 1. The molecule has 2 N–H and O–H groups in total. The fourth-order valence-corrected chi connectivity index (χ4v) is 1.72. The summed E-state index contributed by atoms with van der Waals surface area (Å²) in [4.78, 5) is 2.75. The van der Waals surface area contributed by atoms with Gasteiger partial charge in [0.25, 0.3) is 0 Å². The van der Waals surface area contributed by atoms with Crippen molar-refractivity contribution < 1.29 is 9.50 Å². The van der Waals surface area contributed by atoms with Gasteiger partial charge in [-0.05, 0) is 34.7 Å². The molecule has 0 aliphatic rings. The Hall–Kier alpha value is -0.780. The highest BCUT2D eigenvalue weighted by molar-refractivity contribution is 14.1. The van der Waals surface area contributed by atoms with Gasteiger partial charge in [-0.15, -0.1) is 0 Å². The molecule has 0 radical (unpaired) electrons. The summed E-state index contributed by atoms with van der Waals surface area (Å²) in [5.41, 5.74) is 0.361. The van der Waals surface area contributed by atoms with E-state index >= 15 is 0 Å². The molecule has 1 heterocycles. The number of hydrogen-bond donors (Lipinski definition) is 2. The van der Waals surface area contributed by atoms with Crippen LogP contribution in [-0.2, 0) is 0 Å². The van der Waals surface area contributed by atoms with Crippen molar-refractivity contribution in [1.29, 1.82) is 0 Å². The van der Waals surface area contributed by atoms with Crippen molar-refractivity contribution in [2.75, 3.05) is 0 Å². The largest absolute Gasteiger partial charge is 0.505 e. The van der Waals surface area contributed by atoms with Crippen LogP contribution in [0.1, 0.15) is 0 Å². The van der Waals surface area contributed by atoms with Crippen LogP contribution in [0, 0.1) is 9.39 Å². The third-order valence-corrected chi connectivity index (χ3v) is 2.61. The summed E-state index contributed by atoms with van der Waals surface area (Å²) in [7, 11) is 0.